The van der Waals surface area contributed by atoms with E-state index in [1.165, 1.54) is 5.56 Å². The van der Waals surface area contributed by atoms with E-state index in [9.17, 15) is 4.79 Å². The third-order valence-electron chi connectivity index (χ3n) is 3.82. The molecule has 1 atom stereocenters. The minimum absolute atomic E-state index is 0.0698. The number of hydrogen-bond acceptors (Lipinski definition) is 3. The van der Waals surface area contributed by atoms with Gasteiger partial charge in [0.25, 0.3) is 0 Å². The number of aryl methyl sites for hydroxylation is 2. The molecular formula is C16H20N4O. The van der Waals surface area contributed by atoms with Crippen LogP contribution in [0.5, 0.6) is 0 Å². The van der Waals surface area contributed by atoms with Crippen molar-refractivity contribution >= 4 is 11.6 Å². The van der Waals surface area contributed by atoms with Crippen LogP contribution in [0.4, 0.5) is 5.69 Å². The monoisotopic (exact) mass is 284 g/mol. The summed E-state index contributed by atoms with van der Waals surface area (Å²) in [5.41, 5.74) is 3.36. The van der Waals surface area contributed by atoms with Crippen LogP contribution in [0.15, 0.2) is 36.5 Å². The van der Waals surface area contributed by atoms with Gasteiger partial charge >= 0.3 is 0 Å². The number of para-hydroxylation sites is 1. The summed E-state index contributed by atoms with van der Waals surface area (Å²) >= 11 is 0. The number of fused-ring (bicyclic) bond motifs is 1. The minimum atomic E-state index is -0.136. The van der Waals surface area contributed by atoms with E-state index in [-0.39, 0.29) is 11.9 Å². The van der Waals surface area contributed by atoms with Crippen molar-refractivity contribution in [3.05, 3.63) is 47.8 Å². The van der Waals surface area contributed by atoms with E-state index in [1.54, 1.807) is 4.68 Å². The van der Waals surface area contributed by atoms with Crippen LogP contribution >= 0.6 is 0 Å². The van der Waals surface area contributed by atoms with Crippen molar-refractivity contribution in [3.8, 4) is 0 Å². The first-order valence-electron chi connectivity index (χ1n) is 7.33. The van der Waals surface area contributed by atoms with E-state index < -0.39 is 0 Å². The van der Waals surface area contributed by atoms with Gasteiger partial charge in [-0.25, -0.2) is 0 Å². The third-order valence-corrected chi connectivity index (χ3v) is 3.82. The second kappa shape index (κ2) is 5.99. The van der Waals surface area contributed by atoms with Gasteiger partial charge < -0.3 is 10.6 Å². The van der Waals surface area contributed by atoms with Crippen LogP contribution < -0.4 is 10.6 Å². The van der Waals surface area contributed by atoms with Gasteiger partial charge in [0.1, 0.15) is 6.04 Å². The van der Waals surface area contributed by atoms with Crippen LogP contribution in [0.2, 0.25) is 0 Å². The average molecular weight is 284 g/mol. The molecular weight excluding hydrogens is 264 g/mol. The van der Waals surface area contributed by atoms with E-state index >= 15 is 0 Å². The Bertz CT molecular complexity index is 635. The summed E-state index contributed by atoms with van der Waals surface area (Å²) in [6.45, 7) is 0.621. The van der Waals surface area contributed by atoms with Gasteiger partial charge in [-0.2, -0.15) is 5.10 Å². The first-order chi connectivity index (χ1) is 10.2. The van der Waals surface area contributed by atoms with Gasteiger partial charge in [0.2, 0.25) is 5.91 Å². The number of amides is 1. The molecule has 0 bridgehead atoms. The van der Waals surface area contributed by atoms with Crippen molar-refractivity contribution < 1.29 is 4.79 Å². The second-order valence-corrected chi connectivity index (χ2v) is 5.41. The zero-order valence-electron chi connectivity index (χ0n) is 12.2. The molecule has 110 valence electrons. The highest BCUT2D eigenvalue weighted by Crippen LogP contribution is 2.24. The molecule has 1 aliphatic heterocycles. The SMILES string of the molecule is Cn1ccc(CCNC(=O)C2CCc3ccccc3N2)n1. The van der Waals surface area contributed by atoms with E-state index in [4.69, 9.17) is 0 Å². The lowest BCUT2D eigenvalue weighted by Crippen LogP contribution is -2.42. The zero-order chi connectivity index (χ0) is 14.7. The maximum Gasteiger partial charge on any atom is 0.242 e. The highest BCUT2D eigenvalue weighted by molar-refractivity contribution is 5.85. The Balaban J connectivity index is 1.50. The average Bonchev–Trinajstić information content (AvgIpc) is 2.92. The molecule has 0 fully saturated rings. The third kappa shape index (κ3) is 3.24. The summed E-state index contributed by atoms with van der Waals surface area (Å²) in [5, 5.41) is 10.6. The molecule has 2 heterocycles. The lowest BCUT2D eigenvalue weighted by molar-refractivity contribution is -0.122. The molecule has 0 saturated carbocycles. The van der Waals surface area contributed by atoms with Crippen molar-refractivity contribution in [2.75, 3.05) is 11.9 Å². The highest BCUT2D eigenvalue weighted by atomic mass is 16.2. The molecule has 2 N–H and O–H groups in total. The summed E-state index contributed by atoms with van der Waals surface area (Å²) < 4.78 is 1.77. The molecule has 1 aliphatic rings. The predicted octanol–water partition coefficient (Wildman–Crippen LogP) is 1.51. The van der Waals surface area contributed by atoms with Gasteiger partial charge in [-0.15, -0.1) is 0 Å². The molecule has 5 nitrogen and oxygen atoms in total. The summed E-state index contributed by atoms with van der Waals surface area (Å²) in [6, 6.07) is 10.0. The fraction of sp³-hybridized carbons (Fsp3) is 0.375. The Hall–Kier alpha value is -2.30. The summed E-state index contributed by atoms with van der Waals surface area (Å²) in [5.74, 6) is 0.0698. The lowest BCUT2D eigenvalue weighted by Gasteiger charge is -2.26. The normalized spacial score (nSPS) is 16.9. The first kappa shape index (κ1) is 13.7. The molecule has 1 amide bonds. The molecule has 2 aromatic rings. The number of nitrogens with zero attached hydrogens (tertiary/aromatic N) is 2. The molecule has 1 aromatic carbocycles. The van der Waals surface area contributed by atoms with Gasteiger partial charge in [0.15, 0.2) is 0 Å². The largest absolute Gasteiger partial charge is 0.373 e. The van der Waals surface area contributed by atoms with Crippen molar-refractivity contribution in [1.82, 2.24) is 15.1 Å². The first-order valence-corrected chi connectivity index (χ1v) is 7.33. The van der Waals surface area contributed by atoms with E-state index in [0.29, 0.717) is 6.54 Å². The van der Waals surface area contributed by atoms with Crippen LogP contribution in [-0.4, -0.2) is 28.3 Å². The predicted molar refractivity (Wildman–Crippen MR) is 82.1 cm³/mol. The molecule has 0 saturated heterocycles. The number of carbonyl (C=O) groups is 1. The Morgan fingerprint density at radius 2 is 2.29 bits per heavy atom. The number of benzene rings is 1. The Labute approximate surface area is 124 Å². The number of aromatic nitrogens is 2. The van der Waals surface area contributed by atoms with Crippen LogP contribution in [-0.2, 0) is 24.7 Å². The highest BCUT2D eigenvalue weighted by Gasteiger charge is 2.23. The summed E-state index contributed by atoms with van der Waals surface area (Å²) in [4.78, 5) is 12.2. The topological polar surface area (TPSA) is 59.0 Å². The van der Waals surface area contributed by atoms with E-state index in [2.05, 4.69) is 21.8 Å². The fourth-order valence-corrected chi connectivity index (χ4v) is 2.67. The Morgan fingerprint density at radius 1 is 1.43 bits per heavy atom. The zero-order valence-corrected chi connectivity index (χ0v) is 12.2. The van der Waals surface area contributed by atoms with Crippen LogP contribution in [0, 0.1) is 0 Å². The molecule has 0 aliphatic carbocycles. The number of anilines is 1. The maximum atomic E-state index is 12.2. The Morgan fingerprint density at radius 3 is 3.10 bits per heavy atom. The van der Waals surface area contributed by atoms with Crippen LogP contribution in [0.25, 0.3) is 0 Å². The molecule has 5 heteroatoms. The van der Waals surface area contributed by atoms with Gasteiger partial charge in [-0.1, -0.05) is 18.2 Å². The Kier molecular flexibility index (Phi) is 3.90. The quantitative estimate of drug-likeness (QED) is 0.894. The van der Waals surface area contributed by atoms with Crippen molar-refractivity contribution in [3.63, 3.8) is 0 Å². The maximum absolute atomic E-state index is 12.2. The minimum Gasteiger partial charge on any atom is -0.373 e. The van der Waals surface area contributed by atoms with Crippen molar-refractivity contribution in [2.45, 2.75) is 25.3 Å². The standard InChI is InChI=1S/C16H20N4O/c1-20-11-9-13(19-20)8-10-17-16(21)15-7-6-12-4-2-3-5-14(12)18-15/h2-5,9,11,15,18H,6-8,10H2,1H3,(H,17,21). The van der Waals surface area contributed by atoms with Gasteiger partial charge in [0.05, 0.1) is 5.69 Å². The van der Waals surface area contributed by atoms with E-state index in [1.807, 2.05) is 37.5 Å². The number of carbonyl (C=O) groups excluding carboxylic acids is 1. The van der Waals surface area contributed by atoms with Gasteiger partial charge in [-0.05, 0) is 30.5 Å². The van der Waals surface area contributed by atoms with E-state index in [0.717, 1.165) is 30.6 Å². The smallest absolute Gasteiger partial charge is 0.242 e. The molecule has 1 unspecified atom stereocenters. The number of nitrogens with one attached hydrogen (secondary N) is 2. The molecule has 0 spiro atoms. The lowest BCUT2D eigenvalue weighted by atomic mass is 9.98. The van der Waals surface area contributed by atoms with Crippen LogP contribution in [0.1, 0.15) is 17.7 Å². The number of hydrogen-bond donors (Lipinski definition) is 2. The molecule has 21 heavy (non-hydrogen) atoms. The molecule has 0 radical (unpaired) electrons. The molecule has 1 aromatic heterocycles. The van der Waals surface area contributed by atoms with Gasteiger partial charge in [-0.3, -0.25) is 9.48 Å². The number of rotatable bonds is 4. The van der Waals surface area contributed by atoms with Gasteiger partial charge in [0, 0.05) is 31.9 Å². The molecule has 3 rings (SSSR count). The fourth-order valence-electron chi connectivity index (χ4n) is 2.67. The van der Waals surface area contributed by atoms with Crippen molar-refractivity contribution in [1.29, 1.82) is 0 Å². The van der Waals surface area contributed by atoms with Crippen LogP contribution in [0.3, 0.4) is 0 Å². The second-order valence-electron chi connectivity index (χ2n) is 5.41. The van der Waals surface area contributed by atoms with Crippen molar-refractivity contribution in [2.24, 2.45) is 7.05 Å². The summed E-state index contributed by atoms with van der Waals surface area (Å²) in [7, 11) is 1.89. The summed E-state index contributed by atoms with van der Waals surface area (Å²) in [6.07, 6.45) is 4.46.